The van der Waals surface area contributed by atoms with Gasteiger partial charge in [0, 0.05) is 17.8 Å². The molecule has 5 nitrogen and oxygen atoms in total. The summed E-state index contributed by atoms with van der Waals surface area (Å²) in [4.78, 5) is 11.5. The standard InChI is InChI=1S/C12H15ClFNO4S/c1-12(2,7-19-3)15-11(16)9-5-4-8(6-10(9)14)20(13,17)18/h4-6H,7H2,1-3H3,(H,15,16). The molecule has 1 N–H and O–H groups in total. The number of carbonyl (C=O) groups excluding carboxylic acids is 1. The summed E-state index contributed by atoms with van der Waals surface area (Å²) in [5, 5.41) is 2.59. The molecule has 1 amide bonds. The predicted octanol–water partition coefficient (Wildman–Crippen LogP) is 1.91. The van der Waals surface area contributed by atoms with Gasteiger partial charge in [-0.15, -0.1) is 0 Å². The summed E-state index contributed by atoms with van der Waals surface area (Å²) in [7, 11) is 2.55. The van der Waals surface area contributed by atoms with Gasteiger partial charge in [-0.3, -0.25) is 4.79 Å². The molecule has 0 atom stereocenters. The number of rotatable bonds is 5. The molecule has 0 aliphatic rings. The third kappa shape index (κ3) is 4.43. The lowest BCUT2D eigenvalue weighted by molar-refractivity contribution is 0.0816. The van der Waals surface area contributed by atoms with Crippen LogP contribution in [0.4, 0.5) is 4.39 Å². The van der Waals surface area contributed by atoms with Crippen molar-refractivity contribution in [2.24, 2.45) is 0 Å². The summed E-state index contributed by atoms with van der Waals surface area (Å²) in [6.07, 6.45) is 0. The summed E-state index contributed by atoms with van der Waals surface area (Å²) in [5.74, 6) is -1.62. The Labute approximate surface area is 121 Å². The lowest BCUT2D eigenvalue weighted by Gasteiger charge is -2.25. The van der Waals surface area contributed by atoms with Crippen molar-refractivity contribution < 1.29 is 22.3 Å². The SMILES string of the molecule is COCC(C)(C)NC(=O)c1ccc(S(=O)(=O)Cl)cc1F. The van der Waals surface area contributed by atoms with E-state index in [1.54, 1.807) is 13.8 Å². The molecular weight excluding hydrogens is 309 g/mol. The van der Waals surface area contributed by atoms with Crippen molar-refractivity contribution in [2.75, 3.05) is 13.7 Å². The number of methoxy groups -OCH3 is 1. The quantitative estimate of drug-likeness (QED) is 0.840. The van der Waals surface area contributed by atoms with Gasteiger partial charge in [0.1, 0.15) is 5.82 Å². The van der Waals surface area contributed by atoms with Gasteiger partial charge in [0.2, 0.25) is 0 Å². The molecule has 20 heavy (non-hydrogen) atoms. The fourth-order valence-electron chi connectivity index (χ4n) is 1.60. The van der Waals surface area contributed by atoms with Gasteiger partial charge in [-0.2, -0.15) is 0 Å². The molecule has 0 radical (unpaired) electrons. The van der Waals surface area contributed by atoms with Crippen LogP contribution >= 0.6 is 10.7 Å². The van der Waals surface area contributed by atoms with E-state index >= 15 is 0 Å². The first kappa shape index (κ1) is 16.9. The Morgan fingerprint density at radius 2 is 2.05 bits per heavy atom. The molecule has 0 fully saturated rings. The lowest BCUT2D eigenvalue weighted by atomic mass is 10.1. The Kier molecular flexibility index (Phi) is 5.12. The van der Waals surface area contributed by atoms with Crippen molar-refractivity contribution in [3.8, 4) is 0 Å². The average molecular weight is 324 g/mol. The van der Waals surface area contributed by atoms with Crippen LogP contribution in [0.25, 0.3) is 0 Å². The molecule has 0 bridgehead atoms. The van der Waals surface area contributed by atoms with Gasteiger partial charge < -0.3 is 10.1 Å². The van der Waals surface area contributed by atoms with Crippen LogP contribution in [0.2, 0.25) is 0 Å². The highest BCUT2D eigenvalue weighted by atomic mass is 35.7. The molecule has 1 aromatic carbocycles. The second-order valence-electron chi connectivity index (χ2n) is 4.85. The maximum absolute atomic E-state index is 13.8. The maximum Gasteiger partial charge on any atom is 0.261 e. The Balaban J connectivity index is 3.01. The Morgan fingerprint density at radius 3 is 2.50 bits per heavy atom. The van der Waals surface area contributed by atoms with Crippen molar-refractivity contribution in [3.63, 3.8) is 0 Å². The molecule has 0 heterocycles. The Morgan fingerprint density at radius 1 is 1.45 bits per heavy atom. The summed E-state index contributed by atoms with van der Waals surface area (Å²) in [5.41, 5.74) is -0.951. The van der Waals surface area contributed by atoms with Crippen LogP contribution in [-0.2, 0) is 13.8 Å². The van der Waals surface area contributed by atoms with Gasteiger partial charge in [0.15, 0.2) is 0 Å². The topological polar surface area (TPSA) is 72.5 Å². The Bertz CT molecular complexity index is 616. The molecular formula is C12H15ClFNO4S. The molecule has 0 spiro atoms. The minimum Gasteiger partial charge on any atom is -0.382 e. The van der Waals surface area contributed by atoms with Crippen molar-refractivity contribution in [3.05, 3.63) is 29.6 Å². The van der Waals surface area contributed by atoms with Gasteiger partial charge in [0.25, 0.3) is 15.0 Å². The first-order valence-electron chi connectivity index (χ1n) is 5.62. The second kappa shape index (κ2) is 6.07. The average Bonchev–Trinajstić information content (AvgIpc) is 2.26. The van der Waals surface area contributed by atoms with Gasteiger partial charge in [-0.25, -0.2) is 12.8 Å². The predicted molar refractivity (Wildman–Crippen MR) is 72.9 cm³/mol. The highest BCUT2D eigenvalue weighted by Gasteiger charge is 2.23. The van der Waals surface area contributed by atoms with E-state index in [2.05, 4.69) is 5.32 Å². The maximum atomic E-state index is 13.8. The van der Waals surface area contributed by atoms with Gasteiger partial charge in [-0.05, 0) is 32.0 Å². The molecule has 1 rings (SSSR count). The summed E-state index contributed by atoms with van der Waals surface area (Å²) >= 11 is 0. The third-order valence-electron chi connectivity index (χ3n) is 2.42. The van der Waals surface area contributed by atoms with Gasteiger partial charge in [-0.1, -0.05) is 0 Å². The minimum absolute atomic E-state index is 0.245. The summed E-state index contributed by atoms with van der Waals surface area (Å²) in [6.45, 7) is 3.67. The van der Waals surface area contributed by atoms with Crippen LogP contribution < -0.4 is 5.32 Å². The van der Waals surface area contributed by atoms with E-state index in [1.165, 1.54) is 7.11 Å². The summed E-state index contributed by atoms with van der Waals surface area (Å²) in [6, 6.07) is 2.85. The van der Waals surface area contributed by atoms with Crippen LogP contribution in [0.3, 0.4) is 0 Å². The van der Waals surface area contributed by atoms with E-state index in [1.807, 2.05) is 0 Å². The van der Waals surface area contributed by atoms with Crippen LogP contribution in [0.15, 0.2) is 23.1 Å². The second-order valence-corrected chi connectivity index (χ2v) is 7.42. The largest absolute Gasteiger partial charge is 0.382 e. The molecule has 0 aromatic heterocycles. The number of hydrogen-bond donors (Lipinski definition) is 1. The monoisotopic (exact) mass is 323 g/mol. The first-order valence-corrected chi connectivity index (χ1v) is 7.93. The third-order valence-corrected chi connectivity index (χ3v) is 3.78. The smallest absolute Gasteiger partial charge is 0.261 e. The lowest BCUT2D eigenvalue weighted by Crippen LogP contribution is -2.47. The molecule has 0 aliphatic carbocycles. The Hall–Kier alpha value is -1.18. The van der Waals surface area contributed by atoms with E-state index in [4.69, 9.17) is 15.4 Å². The molecule has 0 aliphatic heterocycles. The van der Waals surface area contributed by atoms with E-state index in [0.29, 0.717) is 6.07 Å². The number of ether oxygens (including phenoxy) is 1. The fourth-order valence-corrected chi connectivity index (χ4v) is 2.37. The molecule has 0 unspecified atom stereocenters. The number of hydrogen-bond acceptors (Lipinski definition) is 4. The zero-order chi connectivity index (χ0) is 15.6. The minimum atomic E-state index is -4.03. The van der Waals surface area contributed by atoms with Crippen molar-refractivity contribution >= 4 is 25.6 Å². The van der Waals surface area contributed by atoms with E-state index in [0.717, 1.165) is 12.1 Å². The van der Waals surface area contributed by atoms with Crippen LogP contribution in [0.1, 0.15) is 24.2 Å². The normalized spacial score (nSPS) is 12.2. The molecule has 0 saturated carbocycles. The molecule has 8 heteroatoms. The van der Waals surface area contributed by atoms with Gasteiger partial charge in [0.05, 0.1) is 22.6 Å². The number of amides is 1. The van der Waals surface area contributed by atoms with E-state index in [9.17, 15) is 17.6 Å². The van der Waals surface area contributed by atoms with Gasteiger partial charge >= 0.3 is 0 Å². The van der Waals surface area contributed by atoms with Crippen molar-refractivity contribution in [1.82, 2.24) is 5.32 Å². The number of nitrogens with one attached hydrogen (secondary N) is 1. The number of carbonyl (C=O) groups is 1. The zero-order valence-electron chi connectivity index (χ0n) is 11.2. The van der Waals surface area contributed by atoms with E-state index in [-0.39, 0.29) is 12.2 Å². The first-order chi connectivity index (χ1) is 9.07. The van der Waals surface area contributed by atoms with Crippen LogP contribution in [0.5, 0.6) is 0 Å². The van der Waals surface area contributed by atoms with Crippen molar-refractivity contribution in [1.29, 1.82) is 0 Å². The fraction of sp³-hybridized carbons (Fsp3) is 0.417. The molecule has 0 saturated heterocycles. The van der Waals surface area contributed by atoms with E-state index < -0.39 is 31.2 Å². The highest BCUT2D eigenvalue weighted by Crippen LogP contribution is 2.19. The molecule has 1 aromatic rings. The van der Waals surface area contributed by atoms with Crippen LogP contribution in [-0.4, -0.2) is 33.6 Å². The molecule has 112 valence electrons. The van der Waals surface area contributed by atoms with Crippen molar-refractivity contribution in [2.45, 2.75) is 24.3 Å². The van der Waals surface area contributed by atoms with Crippen LogP contribution in [0, 0.1) is 5.82 Å². The summed E-state index contributed by atoms with van der Waals surface area (Å²) < 4.78 is 40.8. The highest BCUT2D eigenvalue weighted by molar-refractivity contribution is 8.13. The zero-order valence-corrected chi connectivity index (χ0v) is 12.8. The number of benzene rings is 1. The number of halogens is 2.